The summed E-state index contributed by atoms with van der Waals surface area (Å²) in [7, 11) is 1.72. The van der Waals surface area contributed by atoms with Gasteiger partial charge in [-0.3, -0.25) is 0 Å². The summed E-state index contributed by atoms with van der Waals surface area (Å²) in [5, 5.41) is 0. The molecule has 0 aliphatic heterocycles. The molecular formula is C14H23NO2. The van der Waals surface area contributed by atoms with Crippen LogP contribution in [0.15, 0.2) is 18.2 Å². The molecule has 1 unspecified atom stereocenters. The predicted octanol–water partition coefficient (Wildman–Crippen LogP) is 2.16. The van der Waals surface area contributed by atoms with Gasteiger partial charge < -0.3 is 15.2 Å². The van der Waals surface area contributed by atoms with E-state index in [0.29, 0.717) is 6.61 Å². The van der Waals surface area contributed by atoms with Crippen molar-refractivity contribution < 1.29 is 9.47 Å². The van der Waals surface area contributed by atoms with Crippen molar-refractivity contribution in [3.8, 4) is 5.75 Å². The Hall–Kier alpha value is -1.06. The molecule has 2 N–H and O–H groups in total. The fourth-order valence-electron chi connectivity index (χ4n) is 1.81. The Kier molecular flexibility index (Phi) is 6.01. The summed E-state index contributed by atoms with van der Waals surface area (Å²) >= 11 is 0. The molecule has 0 radical (unpaired) electrons. The third kappa shape index (κ3) is 4.75. The van der Waals surface area contributed by atoms with E-state index in [0.717, 1.165) is 25.2 Å². The highest BCUT2D eigenvalue weighted by atomic mass is 16.5. The molecule has 0 amide bonds. The first kappa shape index (κ1) is 14.0. The zero-order chi connectivity index (χ0) is 12.7. The standard InChI is InChI=1S/C14H23NO2/c1-4-17-14-6-5-12(7-8-16-3)10-13(14)9-11(2)15/h5-6,10-11H,4,7-9,15H2,1-3H3. The van der Waals surface area contributed by atoms with Gasteiger partial charge in [0, 0.05) is 13.2 Å². The summed E-state index contributed by atoms with van der Waals surface area (Å²) in [4.78, 5) is 0. The van der Waals surface area contributed by atoms with Crippen molar-refractivity contribution in [2.75, 3.05) is 20.3 Å². The largest absolute Gasteiger partial charge is 0.494 e. The van der Waals surface area contributed by atoms with E-state index in [1.165, 1.54) is 11.1 Å². The van der Waals surface area contributed by atoms with Crippen molar-refractivity contribution >= 4 is 0 Å². The van der Waals surface area contributed by atoms with Crippen LogP contribution in [0.5, 0.6) is 5.75 Å². The molecule has 0 spiro atoms. The smallest absolute Gasteiger partial charge is 0.122 e. The Morgan fingerprint density at radius 2 is 2.12 bits per heavy atom. The first-order chi connectivity index (χ1) is 8.17. The maximum Gasteiger partial charge on any atom is 0.122 e. The van der Waals surface area contributed by atoms with Gasteiger partial charge in [0.15, 0.2) is 0 Å². The molecular weight excluding hydrogens is 214 g/mol. The summed E-state index contributed by atoms with van der Waals surface area (Å²) in [5.74, 6) is 0.950. The molecule has 3 nitrogen and oxygen atoms in total. The van der Waals surface area contributed by atoms with E-state index in [1.807, 2.05) is 19.9 Å². The van der Waals surface area contributed by atoms with Gasteiger partial charge in [-0.15, -0.1) is 0 Å². The number of ether oxygens (including phenoxy) is 2. The van der Waals surface area contributed by atoms with Crippen molar-refractivity contribution in [3.63, 3.8) is 0 Å². The van der Waals surface area contributed by atoms with Crippen molar-refractivity contribution in [1.82, 2.24) is 0 Å². The highest BCUT2D eigenvalue weighted by molar-refractivity contribution is 5.38. The highest BCUT2D eigenvalue weighted by Crippen LogP contribution is 2.22. The Balaban J connectivity index is 2.84. The van der Waals surface area contributed by atoms with E-state index in [1.54, 1.807) is 7.11 Å². The van der Waals surface area contributed by atoms with Crippen LogP contribution in [-0.4, -0.2) is 26.4 Å². The zero-order valence-corrected chi connectivity index (χ0v) is 11.0. The highest BCUT2D eigenvalue weighted by Gasteiger charge is 2.07. The minimum absolute atomic E-state index is 0.145. The molecule has 96 valence electrons. The summed E-state index contributed by atoms with van der Waals surface area (Å²) in [6.45, 7) is 5.43. The van der Waals surface area contributed by atoms with Gasteiger partial charge in [0.25, 0.3) is 0 Å². The number of rotatable bonds is 7. The second-order valence-electron chi connectivity index (χ2n) is 4.30. The number of methoxy groups -OCH3 is 1. The van der Waals surface area contributed by atoms with Crippen LogP contribution in [-0.2, 0) is 17.6 Å². The maximum atomic E-state index is 5.86. The molecule has 1 rings (SSSR count). The molecule has 17 heavy (non-hydrogen) atoms. The SMILES string of the molecule is CCOc1ccc(CCOC)cc1CC(C)N. The number of benzene rings is 1. The third-order valence-electron chi connectivity index (χ3n) is 2.56. The van der Waals surface area contributed by atoms with Gasteiger partial charge in [0.05, 0.1) is 13.2 Å². The van der Waals surface area contributed by atoms with E-state index in [4.69, 9.17) is 15.2 Å². The summed E-state index contributed by atoms with van der Waals surface area (Å²) in [6.07, 6.45) is 1.77. The van der Waals surface area contributed by atoms with Crippen LogP contribution in [0.25, 0.3) is 0 Å². The quantitative estimate of drug-likeness (QED) is 0.790. The average molecular weight is 237 g/mol. The van der Waals surface area contributed by atoms with Crippen LogP contribution in [0, 0.1) is 0 Å². The second kappa shape index (κ2) is 7.30. The van der Waals surface area contributed by atoms with Crippen molar-refractivity contribution in [2.45, 2.75) is 32.7 Å². The number of nitrogens with two attached hydrogens (primary N) is 1. The molecule has 3 heteroatoms. The second-order valence-corrected chi connectivity index (χ2v) is 4.30. The predicted molar refractivity (Wildman–Crippen MR) is 70.5 cm³/mol. The normalized spacial score (nSPS) is 12.5. The average Bonchev–Trinajstić information content (AvgIpc) is 2.29. The van der Waals surface area contributed by atoms with Crippen LogP contribution >= 0.6 is 0 Å². The Bertz CT molecular complexity index is 337. The molecule has 0 bridgehead atoms. The van der Waals surface area contributed by atoms with Crippen LogP contribution < -0.4 is 10.5 Å². The summed E-state index contributed by atoms with van der Waals surface area (Å²) in [6, 6.07) is 6.45. The van der Waals surface area contributed by atoms with Gasteiger partial charge in [0.1, 0.15) is 5.75 Å². The van der Waals surface area contributed by atoms with E-state index >= 15 is 0 Å². The lowest BCUT2D eigenvalue weighted by molar-refractivity contribution is 0.202. The zero-order valence-electron chi connectivity index (χ0n) is 11.0. The Morgan fingerprint density at radius 1 is 1.35 bits per heavy atom. The summed E-state index contributed by atoms with van der Waals surface area (Å²) in [5.41, 5.74) is 8.32. The van der Waals surface area contributed by atoms with Crippen LogP contribution in [0.4, 0.5) is 0 Å². The fourth-order valence-corrected chi connectivity index (χ4v) is 1.81. The van der Waals surface area contributed by atoms with Gasteiger partial charge in [-0.2, -0.15) is 0 Å². The molecule has 1 atom stereocenters. The Morgan fingerprint density at radius 3 is 2.71 bits per heavy atom. The van der Waals surface area contributed by atoms with E-state index in [9.17, 15) is 0 Å². The lowest BCUT2D eigenvalue weighted by Gasteiger charge is -2.13. The molecule has 0 aliphatic carbocycles. The van der Waals surface area contributed by atoms with Crippen molar-refractivity contribution in [3.05, 3.63) is 29.3 Å². The topological polar surface area (TPSA) is 44.5 Å². The van der Waals surface area contributed by atoms with Crippen LogP contribution in [0.1, 0.15) is 25.0 Å². The van der Waals surface area contributed by atoms with Gasteiger partial charge >= 0.3 is 0 Å². The Labute approximate surface area is 104 Å². The first-order valence-electron chi connectivity index (χ1n) is 6.16. The fraction of sp³-hybridized carbons (Fsp3) is 0.571. The van der Waals surface area contributed by atoms with Crippen molar-refractivity contribution in [1.29, 1.82) is 0 Å². The molecule has 0 aliphatic rings. The number of hydrogen-bond donors (Lipinski definition) is 1. The van der Waals surface area contributed by atoms with Gasteiger partial charge in [-0.25, -0.2) is 0 Å². The van der Waals surface area contributed by atoms with Crippen LogP contribution in [0.2, 0.25) is 0 Å². The molecule has 0 aromatic heterocycles. The molecule has 0 fully saturated rings. The molecule has 0 saturated carbocycles. The first-order valence-corrected chi connectivity index (χ1v) is 6.16. The summed E-state index contributed by atoms with van der Waals surface area (Å²) < 4.78 is 10.7. The third-order valence-corrected chi connectivity index (χ3v) is 2.56. The van der Waals surface area contributed by atoms with E-state index in [-0.39, 0.29) is 6.04 Å². The molecule has 1 aromatic rings. The van der Waals surface area contributed by atoms with E-state index < -0.39 is 0 Å². The minimum atomic E-state index is 0.145. The van der Waals surface area contributed by atoms with Gasteiger partial charge in [-0.05, 0) is 43.9 Å². The monoisotopic (exact) mass is 237 g/mol. The molecule has 0 heterocycles. The van der Waals surface area contributed by atoms with Gasteiger partial charge in [0.2, 0.25) is 0 Å². The van der Waals surface area contributed by atoms with Gasteiger partial charge in [-0.1, -0.05) is 12.1 Å². The van der Waals surface area contributed by atoms with Crippen LogP contribution in [0.3, 0.4) is 0 Å². The number of hydrogen-bond acceptors (Lipinski definition) is 3. The lowest BCUT2D eigenvalue weighted by Crippen LogP contribution is -2.18. The van der Waals surface area contributed by atoms with Crippen molar-refractivity contribution in [2.24, 2.45) is 5.73 Å². The molecule has 1 aromatic carbocycles. The lowest BCUT2D eigenvalue weighted by atomic mass is 10.0. The molecule has 0 saturated heterocycles. The van der Waals surface area contributed by atoms with E-state index in [2.05, 4.69) is 12.1 Å². The minimum Gasteiger partial charge on any atom is -0.494 e. The maximum absolute atomic E-state index is 5.86.